The Balaban J connectivity index is 2.18. The lowest BCUT2D eigenvalue weighted by molar-refractivity contribution is 0.395. The van der Waals surface area contributed by atoms with Gasteiger partial charge in [-0.05, 0) is 31.8 Å². The molecule has 1 atom stereocenters. The molecule has 1 saturated heterocycles. The quantitative estimate of drug-likeness (QED) is 0.624. The van der Waals surface area contributed by atoms with Crippen LogP contribution in [0.1, 0.15) is 31.7 Å². The first-order valence-electron chi connectivity index (χ1n) is 7.24. The van der Waals surface area contributed by atoms with Gasteiger partial charge >= 0.3 is 0 Å². The van der Waals surface area contributed by atoms with Crippen molar-refractivity contribution >= 4 is 11.6 Å². The van der Waals surface area contributed by atoms with Crippen LogP contribution in [0.15, 0.2) is 6.33 Å². The normalized spacial score (nSPS) is 19.6. The van der Waals surface area contributed by atoms with Gasteiger partial charge in [-0.25, -0.2) is 15.8 Å². The molecule has 0 aliphatic carbocycles. The summed E-state index contributed by atoms with van der Waals surface area (Å²) in [5.74, 6) is 8.31. The monoisotopic (exact) mass is 278 g/mol. The van der Waals surface area contributed by atoms with Crippen molar-refractivity contribution in [2.75, 3.05) is 44.1 Å². The molecule has 0 radical (unpaired) electrons. The molecule has 20 heavy (non-hydrogen) atoms. The molecular formula is C14H26N6. The van der Waals surface area contributed by atoms with Gasteiger partial charge in [-0.1, -0.05) is 13.8 Å². The molecule has 1 aromatic heterocycles. The number of nitrogen functional groups attached to an aromatic ring is 1. The molecule has 0 bridgehead atoms. The molecule has 0 spiro atoms. The van der Waals surface area contributed by atoms with Crippen molar-refractivity contribution < 1.29 is 0 Å². The molecule has 1 aromatic rings. The fourth-order valence-electron chi connectivity index (χ4n) is 2.99. The average molecular weight is 278 g/mol. The predicted molar refractivity (Wildman–Crippen MR) is 82.8 cm³/mol. The van der Waals surface area contributed by atoms with Crippen molar-refractivity contribution in [3.05, 3.63) is 11.9 Å². The third-order valence-electron chi connectivity index (χ3n) is 3.96. The van der Waals surface area contributed by atoms with E-state index in [1.807, 2.05) is 0 Å². The lowest BCUT2D eigenvalue weighted by Crippen LogP contribution is -2.29. The molecule has 0 saturated carbocycles. The zero-order valence-corrected chi connectivity index (χ0v) is 12.9. The van der Waals surface area contributed by atoms with Crippen LogP contribution < -0.4 is 16.2 Å². The predicted octanol–water partition coefficient (Wildman–Crippen LogP) is 1.27. The summed E-state index contributed by atoms with van der Waals surface area (Å²) in [6.07, 6.45) is 2.83. The molecule has 2 heterocycles. The third-order valence-corrected chi connectivity index (χ3v) is 3.96. The van der Waals surface area contributed by atoms with E-state index in [-0.39, 0.29) is 0 Å². The van der Waals surface area contributed by atoms with Crippen LogP contribution in [0.4, 0.5) is 11.6 Å². The van der Waals surface area contributed by atoms with Crippen LogP contribution in [-0.2, 0) is 0 Å². The zero-order chi connectivity index (χ0) is 14.7. The van der Waals surface area contributed by atoms with E-state index >= 15 is 0 Å². The largest absolute Gasteiger partial charge is 0.359 e. The number of anilines is 2. The minimum absolute atomic E-state index is 0.325. The van der Waals surface area contributed by atoms with Gasteiger partial charge in [0.25, 0.3) is 0 Å². The second-order valence-electron chi connectivity index (χ2n) is 6.06. The average Bonchev–Trinajstić information content (AvgIpc) is 2.82. The maximum absolute atomic E-state index is 5.57. The topological polar surface area (TPSA) is 70.3 Å². The fourth-order valence-corrected chi connectivity index (χ4v) is 2.99. The van der Waals surface area contributed by atoms with Gasteiger partial charge in [0.1, 0.15) is 18.0 Å². The van der Waals surface area contributed by atoms with Crippen LogP contribution in [0.5, 0.6) is 0 Å². The highest BCUT2D eigenvalue weighted by Gasteiger charge is 2.23. The fraction of sp³-hybridized carbons (Fsp3) is 0.714. The van der Waals surface area contributed by atoms with Gasteiger partial charge in [0.05, 0.1) is 0 Å². The molecular weight excluding hydrogens is 252 g/mol. The number of aromatic nitrogens is 2. The van der Waals surface area contributed by atoms with Crippen molar-refractivity contribution in [2.45, 2.75) is 26.2 Å². The molecule has 0 aromatic carbocycles. The summed E-state index contributed by atoms with van der Waals surface area (Å²) < 4.78 is 0. The summed E-state index contributed by atoms with van der Waals surface area (Å²) in [5.41, 5.74) is 3.77. The highest BCUT2D eigenvalue weighted by Crippen LogP contribution is 2.30. The number of hydrogen-bond acceptors (Lipinski definition) is 6. The van der Waals surface area contributed by atoms with Crippen LogP contribution in [-0.4, -0.2) is 48.6 Å². The van der Waals surface area contributed by atoms with Crippen LogP contribution >= 0.6 is 0 Å². The minimum Gasteiger partial charge on any atom is -0.359 e. The molecule has 1 fully saturated rings. The number of nitrogens with one attached hydrogen (secondary N) is 1. The first kappa shape index (κ1) is 15.0. The summed E-state index contributed by atoms with van der Waals surface area (Å²) >= 11 is 0. The highest BCUT2D eigenvalue weighted by atomic mass is 15.3. The van der Waals surface area contributed by atoms with Crippen molar-refractivity contribution in [2.24, 2.45) is 11.8 Å². The minimum atomic E-state index is 0.325. The Morgan fingerprint density at radius 2 is 2.25 bits per heavy atom. The second kappa shape index (κ2) is 6.37. The van der Waals surface area contributed by atoms with E-state index in [0.29, 0.717) is 11.8 Å². The van der Waals surface area contributed by atoms with E-state index in [0.717, 1.165) is 30.3 Å². The van der Waals surface area contributed by atoms with Crippen LogP contribution in [0.2, 0.25) is 0 Å². The van der Waals surface area contributed by atoms with Crippen LogP contribution in [0.3, 0.4) is 0 Å². The van der Waals surface area contributed by atoms with Gasteiger partial charge in [-0.15, -0.1) is 0 Å². The molecule has 112 valence electrons. The Hall–Kier alpha value is -1.40. The highest BCUT2D eigenvalue weighted by molar-refractivity contribution is 5.59. The van der Waals surface area contributed by atoms with Gasteiger partial charge < -0.3 is 15.2 Å². The first-order chi connectivity index (χ1) is 9.52. The van der Waals surface area contributed by atoms with E-state index in [9.17, 15) is 0 Å². The van der Waals surface area contributed by atoms with E-state index in [1.54, 1.807) is 6.33 Å². The molecule has 6 nitrogen and oxygen atoms in total. The lowest BCUT2D eigenvalue weighted by atomic mass is 10.0. The van der Waals surface area contributed by atoms with Gasteiger partial charge in [-0.3, -0.25) is 0 Å². The summed E-state index contributed by atoms with van der Waals surface area (Å²) in [7, 11) is 4.29. The number of rotatable bonds is 5. The first-order valence-corrected chi connectivity index (χ1v) is 7.24. The number of hydrogen-bond donors (Lipinski definition) is 2. The van der Waals surface area contributed by atoms with Gasteiger partial charge in [0, 0.05) is 25.7 Å². The molecule has 1 aliphatic rings. The Morgan fingerprint density at radius 3 is 2.80 bits per heavy atom. The van der Waals surface area contributed by atoms with E-state index in [4.69, 9.17) is 5.84 Å². The van der Waals surface area contributed by atoms with Crippen molar-refractivity contribution in [3.63, 3.8) is 0 Å². The Labute approximate surface area is 121 Å². The van der Waals surface area contributed by atoms with Crippen molar-refractivity contribution in [3.8, 4) is 0 Å². The second-order valence-corrected chi connectivity index (χ2v) is 6.06. The summed E-state index contributed by atoms with van der Waals surface area (Å²) in [4.78, 5) is 13.3. The number of nitrogens with two attached hydrogens (primary N) is 1. The summed E-state index contributed by atoms with van der Waals surface area (Å²) in [5, 5.41) is 0. The third kappa shape index (κ3) is 3.19. The zero-order valence-electron chi connectivity index (χ0n) is 12.9. The maximum Gasteiger partial charge on any atom is 0.148 e. The van der Waals surface area contributed by atoms with E-state index < -0.39 is 0 Å². The van der Waals surface area contributed by atoms with E-state index in [2.05, 4.69) is 53.1 Å². The maximum atomic E-state index is 5.57. The molecule has 6 heteroatoms. The van der Waals surface area contributed by atoms with Crippen LogP contribution in [0, 0.1) is 5.92 Å². The number of hydrazine groups is 1. The number of nitrogens with zero attached hydrogens (tertiary/aromatic N) is 4. The molecule has 0 amide bonds. The SMILES string of the molecule is CC(C)c1c(NN)ncnc1N(C)CC1CCN(C)C1. The smallest absolute Gasteiger partial charge is 0.148 e. The van der Waals surface area contributed by atoms with Gasteiger partial charge in [0.15, 0.2) is 0 Å². The number of likely N-dealkylation sites (tertiary alicyclic amines) is 1. The van der Waals surface area contributed by atoms with Crippen molar-refractivity contribution in [1.29, 1.82) is 0 Å². The Kier molecular flexibility index (Phi) is 4.77. The molecule has 1 aliphatic heterocycles. The van der Waals surface area contributed by atoms with Gasteiger partial charge in [-0.2, -0.15) is 0 Å². The molecule has 2 rings (SSSR count). The van der Waals surface area contributed by atoms with Gasteiger partial charge in [0.2, 0.25) is 0 Å². The lowest BCUT2D eigenvalue weighted by Gasteiger charge is -2.26. The molecule has 1 unspecified atom stereocenters. The standard InChI is InChI=1S/C14H26N6/c1-10(2)12-13(18-15)16-9-17-14(12)20(4)8-11-5-6-19(3)7-11/h9-11H,5-8,15H2,1-4H3,(H,16,17,18). The summed E-state index contributed by atoms with van der Waals surface area (Å²) in [6.45, 7) is 7.65. The van der Waals surface area contributed by atoms with Crippen molar-refractivity contribution in [1.82, 2.24) is 14.9 Å². The van der Waals surface area contributed by atoms with E-state index in [1.165, 1.54) is 13.0 Å². The Bertz CT molecular complexity index is 447. The summed E-state index contributed by atoms with van der Waals surface area (Å²) in [6, 6.07) is 0. The molecule has 3 N–H and O–H groups in total. The Morgan fingerprint density at radius 1 is 1.50 bits per heavy atom. The van der Waals surface area contributed by atoms with Crippen LogP contribution in [0.25, 0.3) is 0 Å².